The van der Waals surface area contributed by atoms with Gasteiger partial charge >= 0.3 is 41.3 Å². The monoisotopic (exact) mass is 376 g/mol. The molecule has 0 nitrogen and oxygen atoms in total. The molecular formula is C12H26Br2Ti-2. The third-order valence-electron chi connectivity index (χ3n) is 4.15. The molecule has 94 valence electrons. The van der Waals surface area contributed by atoms with Gasteiger partial charge in [0, 0.05) is 0 Å². The molecule has 0 aliphatic heterocycles. The van der Waals surface area contributed by atoms with Crippen molar-refractivity contribution in [2.45, 2.75) is 34.6 Å². The van der Waals surface area contributed by atoms with Crippen molar-refractivity contribution in [3.05, 3.63) is 14.9 Å². The van der Waals surface area contributed by atoms with E-state index in [1.54, 1.807) is 0 Å². The van der Waals surface area contributed by atoms with Crippen molar-refractivity contribution >= 4 is 26.3 Å². The Morgan fingerprint density at radius 2 is 0.667 bits per heavy atom. The molecule has 1 saturated carbocycles. The van der Waals surface area contributed by atoms with Gasteiger partial charge in [0.25, 0.3) is 0 Å². The van der Waals surface area contributed by atoms with Crippen LogP contribution >= 0.6 is 26.3 Å². The summed E-state index contributed by atoms with van der Waals surface area (Å²) in [5.41, 5.74) is 0. The average Bonchev–Trinajstić information content (AvgIpc) is 2.25. The van der Waals surface area contributed by atoms with Crippen molar-refractivity contribution in [3.63, 3.8) is 0 Å². The van der Waals surface area contributed by atoms with E-state index in [9.17, 15) is 0 Å². The molecule has 1 fully saturated rings. The average molecular weight is 378 g/mol. The first-order valence-electron chi connectivity index (χ1n) is 4.93. The van der Waals surface area contributed by atoms with Crippen molar-refractivity contribution in [2.75, 3.05) is 0 Å². The molecule has 0 aromatic rings. The van der Waals surface area contributed by atoms with Crippen LogP contribution in [0.1, 0.15) is 34.6 Å². The molecule has 0 spiro atoms. The van der Waals surface area contributed by atoms with Crippen LogP contribution in [-0.2, 0) is 15.0 Å². The molecule has 0 heterocycles. The topological polar surface area (TPSA) is 0 Å². The standard InChI is InChI=1S/C10H20.2CH3.2BrH.Ti/c1-6-7(2)9(4)10(5)8(6)3;;;;;/h6-10H,1-5H3;2*1H3;2*1H;/q;2*-1;;;+2/p-2. The summed E-state index contributed by atoms with van der Waals surface area (Å²) in [6, 6.07) is 0. The number of rotatable bonds is 0. The zero-order valence-electron chi connectivity index (χ0n) is 11.1. The fourth-order valence-corrected chi connectivity index (χ4v) is 2.39. The molecule has 0 radical (unpaired) electrons. The van der Waals surface area contributed by atoms with Crippen molar-refractivity contribution in [3.8, 4) is 0 Å². The Morgan fingerprint density at radius 1 is 0.600 bits per heavy atom. The summed E-state index contributed by atoms with van der Waals surface area (Å²) in [6.07, 6.45) is 0. The van der Waals surface area contributed by atoms with Gasteiger partial charge in [0.05, 0.1) is 0 Å². The van der Waals surface area contributed by atoms with E-state index in [1.165, 1.54) is 0 Å². The molecule has 0 bridgehead atoms. The summed E-state index contributed by atoms with van der Waals surface area (Å²) in [6.45, 7) is 12.0. The van der Waals surface area contributed by atoms with Gasteiger partial charge < -0.3 is 14.9 Å². The van der Waals surface area contributed by atoms with E-state index in [0.29, 0.717) is 0 Å². The summed E-state index contributed by atoms with van der Waals surface area (Å²) in [5, 5.41) is 0. The van der Waals surface area contributed by atoms with Gasteiger partial charge in [-0.1, -0.05) is 34.6 Å². The summed E-state index contributed by atoms with van der Waals surface area (Å²) in [4.78, 5) is 0. The molecule has 1 aliphatic carbocycles. The Bertz CT molecular complexity index is 96.8. The summed E-state index contributed by atoms with van der Waals surface area (Å²) < 4.78 is 0. The van der Waals surface area contributed by atoms with Crippen molar-refractivity contribution in [1.29, 1.82) is 0 Å². The van der Waals surface area contributed by atoms with Gasteiger partial charge in [-0.05, 0) is 29.6 Å². The van der Waals surface area contributed by atoms with Crippen LogP contribution < -0.4 is 0 Å². The maximum atomic E-state index is 3.19. The van der Waals surface area contributed by atoms with E-state index < -0.39 is 0 Å². The fraction of sp³-hybridized carbons (Fsp3) is 0.833. The zero-order chi connectivity index (χ0) is 10.6. The first-order chi connectivity index (χ1) is 5.97. The van der Waals surface area contributed by atoms with E-state index in [4.69, 9.17) is 0 Å². The molecule has 0 aromatic heterocycles. The maximum Gasteiger partial charge on any atom is -0.358 e. The van der Waals surface area contributed by atoms with Crippen molar-refractivity contribution in [2.24, 2.45) is 29.6 Å². The molecule has 15 heavy (non-hydrogen) atoms. The van der Waals surface area contributed by atoms with Crippen LogP contribution in [0.15, 0.2) is 0 Å². The predicted molar refractivity (Wildman–Crippen MR) is 76.5 cm³/mol. The minimum atomic E-state index is 0. The first-order valence-corrected chi connectivity index (χ1v) is 12.7. The van der Waals surface area contributed by atoms with Gasteiger partial charge in [-0.25, -0.2) is 0 Å². The molecule has 1 aliphatic rings. The quantitative estimate of drug-likeness (QED) is 0.371. The second-order valence-corrected chi connectivity index (χ2v) is 12.2. The van der Waals surface area contributed by atoms with Crippen LogP contribution in [0.3, 0.4) is 0 Å². The van der Waals surface area contributed by atoms with Crippen molar-refractivity contribution in [1.82, 2.24) is 0 Å². The van der Waals surface area contributed by atoms with Crippen LogP contribution in [0.4, 0.5) is 0 Å². The number of hydrogen-bond acceptors (Lipinski definition) is 0. The van der Waals surface area contributed by atoms with Crippen LogP contribution in [0.5, 0.6) is 0 Å². The minimum Gasteiger partial charge on any atom is -0.358 e. The third-order valence-corrected chi connectivity index (χ3v) is 4.15. The molecule has 0 atom stereocenters. The summed E-state index contributed by atoms with van der Waals surface area (Å²) in [5.74, 6) is 4.68. The molecule has 0 N–H and O–H groups in total. The van der Waals surface area contributed by atoms with E-state index in [-0.39, 0.29) is 29.8 Å². The number of halogens is 2. The van der Waals surface area contributed by atoms with Gasteiger partial charge in [-0.3, -0.25) is 0 Å². The Balaban J connectivity index is -0.000000260. The maximum absolute atomic E-state index is 3.19. The van der Waals surface area contributed by atoms with Gasteiger partial charge in [-0.2, -0.15) is 0 Å². The smallest absolute Gasteiger partial charge is 0.358 e. The largest absolute Gasteiger partial charge is 0.358 e. The van der Waals surface area contributed by atoms with Gasteiger partial charge in [0.15, 0.2) is 0 Å². The van der Waals surface area contributed by atoms with Gasteiger partial charge in [-0.15, -0.1) is 0 Å². The number of hydrogen-bond donors (Lipinski definition) is 0. The molecule has 1 rings (SSSR count). The zero-order valence-corrected chi connectivity index (χ0v) is 15.9. The van der Waals surface area contributed by atoms with E-state index in [2.05, 4.69) is 60.9 Å². The Hall–Kier alpha value is 1.67. The van der Waals surface area contributed by atoms with E-state index in [0.717, 1.165) is 29.6 Å². The Labute approximate surface area is 119 Å². The molecule has 0 saturated heterocycles. The predicted octanol–water partition coefficient (Wildman–Crippen LogP) is 5.77. The van der Waals surface area contributed by atoms with E-state index >= 15 is 0 Å². The Kier molecular flexibility index (Phi) is 15.8. The second-order valence-electron chi connectivity index (χ2n) is 4.37. The van der Waals surface area contributed by atoms with Crippen molar-refractivity contribution < 1.29 is 15.0 Å². The van der Waals surface area contributed by atoms with Crippen LogP contribution in [0.2, 0.25) is 0 Å². The van der Waals surface area contributed by atoms with Crippen LogP contribution in [0, 0.1) is 44.4 Å². The van der Waals surface area contributed by atoms with Crippen LogP contribution in [0.25, 0.3) is 0 Å². The first kappa shape index (κ1) is 21.9. The molecular weight excluding hydrogens is 352 g/mol. The Morgan fingerprint density at radius 3 is 0.733 bits per heavy atom. The van der Waals surface area contributed by atoms with Gasteiger partial charge in [0.1, 0.15) is 0 Å². The molecule has 0 amide bonds. The normalized spacial score (nSPS) is 37.9. The molecule has 0 unspecified atom stereocenters. The molecule has 0 aromatic carbocycles. The third kappa shape index (κ3) is 6.24. The summed E-state index contributed by atoms with van der Waals surface area (Å²) in [7, 11) is 0. The fourth-order valence-electron chi connectivity index (χ4n) is 2.39. The molecule has 3 heteroatoms. The van der Waals surface area contributed by atoms with E-state index in [1.807, 2.05) is 0 Å². The minimum absolute atomic E-state index is 0. The van der Waals surface area contributed by atoms with Gasteiger partial charge in [0.2, 0.25) is 0 Å². The second kappa shape index (κ2) is 10.8. The SMILES string of the molecule is CC1C(C)C(C)C(C)C1C.[Br][Ti][Br].[CH3-].[CH3-]. The summed E-state index contributed by atoms with van der Waals surface area (Å²) >= 11 is 6.50. The van der Waals surface area contributed by atoms with Crippen LogP contribution in [-0.4, -0.2) is 0 Å².